The van der Waals surface area contributed by atoms with E-state index in [4.69, 9.17) is 4.74 Å². The second kappa shape index (κ2) is 11.4. The minimum atomic E-state index is -0.0925. The Bertz CT molecular complexity index is 975. The molecule has 0 heterocycles. The second-order valence-corrected chi connectivity index (χ2v) is 10.7. The molecule has 6 heteroatoms. The van der Waals surface area contributed by atoms with Crippen LogP contribution in [0.3, 0.4) is 0 Å². The number of anilines is 2. The third-order valence-corrected chi connectivity index (χ3v) is 5.93. The second-order valence-electron chi connectivity index (χ2n) is 10.7. The van der Waals surface area contributed by atoms with Crippen LogP contribution in [0.1, 0.15) is 63.9 Å². The zero-order valence-corrected chi connectivity index (χ0v) is 22.2. The molecule has 1 N–H and O–H groups in total. The quantitative estimate of drug-likeness (QED) is 0.505. The number of nitrogens with zero attached hydrogens (tertiary/aromatic N) is 2. The summed E-state index contributed by atoms with van der Waals surface area (Å²) in [6.45, 7) is 12.9. The number of benzene rings is 2. The van der Waals surface area contributed by atoms with Crippen molar-refractivity contribution in [2.24, 2.45) is 11.3 Å². The first-order valence-corrected chi connectivity index (χ1v) is 11.9. The van der Waals surface area contributed by atoms with Crippen LogP contribution < -0.4 is 15.0 Å². The van der Waals surface area contributed by atoms with Gasteiger partial charge in [-0.05, 0) is 66.3 Å². The molecule has 1 atom stereocenters. The number of hydrogen-bond donors (Lipinski definition) is 1. The average molecular weight is 468 g/mol. The molecule has 0 aliphatic carbocycles. The fourth-order valence-electron chi connectivity index (χ4n) is 3.76. The van der Waals surface area contributed by atoms with Crippen molar-refractivity contribution in [2.75, 3.05) is 31.4 Å². The van der Waals surface area contributed by atoms with Gasteiger partial charge < -0.3 is 19.9 Å². The van der Waals surface area contributed by atoms with E-state index >= 15 is 0 Å². The summed E-state index contributed by atoms with van der Waals surface area (Å²) in [6, 6.07) is 13.1. The van der Waals surface area contributed by atoms with Crippen molar-refractivity contribution >= 4 is 23.2 Å². The van der Waals surface area contributed by atoms with Crippen LogP contribution in [0.4, 0.5) is 11.4 Å². The highest BCUT2D eigenvalue weighted by atomic mass is 16.5. The van der Waals surface area contributed by atoms with Crippen molar-refractivity contribution in [3.8, 4) is 5.75 Å². The maximum absolute atomic E-state index is 13.6. The lowest BCUT2D eigenvalue weighted by Gasteiger charge is -2.33. The summed E-state index contributed by atoms with van der Waals surface area (Å²) in [5.41, 5.74) is 3.26. The Balaban J connectivity index is 2.41. The Morgan fingerprint density at radius 1 is 1.00 bits per heavy atom. The SMILES string of the molecule is COc1ccc(C(=O)N(Cc2cc(NC(=O)CC(C)(C)C)ccc2N(C)C)[C@@H](C)C(C)C)cc1. The fourth-order valence-corrected chi connectivity index (χ4v) is 3.76. The highest BCUT2D eigenvalue weighted by molar-refractivity contribution is 5.95. The van der Waals surface area contributed by atoms with E-state index in [1.54, 1.807) is 19.2 Å². The standard InChI is InChI=1S/C28H41N3O3/c1-19(2)20(3)31(27(33)21-10-13-24(34-9)14-11-21)18-22-16-23(12-15-25(22)30(7)8)29-26(32)17-28(4,5)6/h10-16,19-20H,17-18H2,1-9H3,(H,29,32)/t20-/m0/s1. The third-order valence-electron chi connectivity index (χ3n) is 5.93. The first-order valence-electron chi connectivity index (χ1n) is 11.9. The number of methoxy groups -OCH3 is 1. The first-order chi connectivity index (χ1) is 15.8. The van der Waals surface area contributed by atoms with Crippen molar-refractivity contribution in [2.45, 2.75) is 60.5 Å². The van der Waals surface area contributed by atoms with Crippen LogP contribution in [0.15, 0.2) is 42.5 Å². The predicted molar refractivity (Wildman–Crippen MR) is 141 cm³/mol. The minimum Gasteiger partial charge on any atom is -0.497 e. The minimum absolute atomic E-state index is 0.0160. The molecular weight excluding hydrogens is 426 g/mol. The lowest BCUT2D eigenvalue weighted by atomic mass is 9.92. The van der Waals surface area contributed by atoms with Gasteiger partial charge in [0.1, 0.15) is 5.75 Å². The van der Waals surface area contributed by atoms with E-state index < -0.39 is 0 Å². The van der Waals surface area contributed by atoms with Gasteiger partial charge in [-0.1, -0.05) is 34.6 Å². The van der Waals surface area contributed by atoms with Crippen molar-refractivity contribution in [3.05, 3.63) is 53.6 Å². The number of carbonyl (C=O) groups is 2. The molecule has 2 amide bonds. The van der Waals surface area contributed by atoms with Gasteiger partial charge >= 0.3 is 0 Å². The molecule has 6 nitrogen and oxygen atoms in total. The maximum Gasteiger partial charge on any atom is 0.254 e. The Morgan fingerprint density at radius 2 is 1.62 bits per heavy atom. The van der Waals surface area contributed by atoms with E-state index in [1.165, 1.54) is 0 Å². The van der Waals surface area contributed by atoms with Crippen molar-refractivity contribution in [3.63, 3.8) is 0 Å². The van der Waals surface area contributed by atoms with Gasteiger partial charge in [0, 0.05) is 50.0 Å². The van der Waals surface area contributed by atoms with Crippen molar-refractivity contribution in [1.29, 1.82) is 0 Å². The topological polar surface area (TPSA) is 61.9 Å². The highest BCUT2D eigenvalue weighted by Gasteiger charge is 2.25. The molecule has 0 unspecified atom stereocenters. The molecule has 34 heavy (non-hydrogen) atoms. The summed E-state index contributed by atoms with van der Waals surface area (Å²) in [5.74, 6) is 0.946. The van der Waals surface area contributed by atoms with Crippen LogP contribution >= 0.6 is 0 Å². The summed E-state index contributed by atoms with van der Waals surface area (Å²) >= 11 is 0. The Hall–Kier alpha value is -3.02. The lowest BCUT2D eigenvalue weighted by molar-refractivity contribution is -0.117. The van der Waals surface area contributed by atoms with E-state index in [-0.39, 0.29) is 29.2 Å². The van der Waals surface area contributed by atoms with Gasteiger partial charge in [-0.15, -0.1) is 0 Å². The number of carbonyl (C=O) groups excluding carboxylic acids is 2. The van der Waals surface area contributed by atoms with Crippen LogP contribution in [0.5, 0.6) is 5.75 Å². The molecule has 0 spiro atoms. The number of nitrogens with one attached hydrogen (secondary N) is 1. The molecule has 0 aromatic heterocycles. The molecule has 2 rings (SSSR count). The van der Waals surface area contributed by atoms with E-state index in [1.807, 2.05) is 75.0 Å². The Labute approximate surface area is 205 Å². The molecule has 0 aliphatic heterocycles. The van der Waals surface area contributed by atoms with Crippen LogP contribution in [-0.2, 0) is 11.3 Å². The van der Waals surface area contributed by atoms with E-state index in [2.05, 4.69) is 26.1 Å². The Kier molecular flexibility index (Phi) is 9.14. The van der Waals surface area contributed by atoms with E-state index in [9.17, 15) is 9.59 Å². The van der Waals surface area contributed by atoms with E-state index in [0.29, 0.717) is 24.3 Å². The Morgan fingerprint density at radius 3 is 2.12 bits per heavy atom. The molecule has 0 saturated heterocycles. The predicted octanol–water partition coefficient (Wildman–Crippen LogP) is 5.82. The molecule has 0 saturated carbocycles. The van der Waals surface area contributed by atoms with Crippen molar-refractivity contribution in [1.82, 2.24) is 4.90 Å². The smallest absolute Gasteiger partial charge is 0.254 e. The molecule has 2 aromatic rings. The third kappa shape index (κ3) is 7.51. The molecule has 0 fully saturated rings. The summed E-state index contributed by atoms with van der Waals surface area (Å²) in [6.07, 6.45) is 0.435. The summed E-state index contributed by atoms with van der Waals surface area (Å²) in [4.78, 5) is 30.1. The average Bonchev–Trinajstić information content (AvgIpc) is 2.75. The molecule has 0 aliphatic rings. The summed E-state index contributed by atoms with van der Waals surface area (Å²) < 4.78 is 5.24. The normalized spacial score (nSPS) is 12.3. The zero-order chi connectivity index (χ0) is 25.6. The maximum atomic E-state index is 13.6. The lowest BCUT2D eigenvalue weighted by Crippen LogP contribution is -2.41. The molecule has 186 valence electrons. The van der Waals surface area contributed by atoms with Crippen LogP contribution in [-0.4, -0.2) is 44.0 Å². The van der Waals surface area contributed by atoms with Gasteiger partial charge in [-0.25, -0.2) is 0 Å². The molecular formula is C28H41N3O3. The van der Waals surface area contributed by atoms with Crippen LogP contribution in [0.25, 0.3) is 0 Å². The van der Waals surface area contributed by atoms with Gasteiger partial charge in [0.15, 0.2) is 0 Å². The zero-order valence-electron chi connectivity index (χ0n) is 22.2. The van der Waals surface area contributed by atoms with E-state index in [0.717, 1.165) is 16.9 Å². The highest BCUT2D eigenvalue weighted by Crippen LogP contribution is 2.28. The fraction of sp³-hybridized carbons (Fsp3) is 0.500. The first kappa shape index (κ1) is 27.2. The van der Waals surface area contributed by atoms with Gasteiger partial charge in [-0.2, -0.15) is 0 Å². The number of ether oxygens (including phenoxy) is 1. The number of amides is 2. The summed E-state index contributed by atoms with van der Waals surface area (Å²) in [7, 11) is 5.58. The van der Waals surface area contributed by atoms with Gasteiger partial charge in [0.2, 0.25) is 5.91 Å². The van der Waals surface area contributed by atoms with Gasteiger partial charge in [-0.3, -0.25) is 9.59 Å². The monoisotopic (exact) mass is 467 g/mol. The molecule has 0 radical (unpaired) electrons. The van der Waals surface area contributed by atoms with Crippen LogP contribution in [0.2, 0.25) is 0 Å². The van der Waals surface area contributed by atoms with Gasteiger partial charge in [0.25, 0.3) is 5.91 Å². The summed E-state index contributed by atoms with van der Waals surface area (Å²) in [5, 5.41) is 3.03. The van der Waals surface area contributed by atoms with Gasteiger partial charge in [0.05, 0.1) is 7.11 Å². The molecule has 2 aromatic carbocycles. The largest absolute Gasteiger partial charge is 0.497 e. The molecule has 0 bridgehead atoms. The number of hydrogen-bond acceptors (Lipinski definition) is 4. The number of rotatable bonds is 9. The van der Waals surface area contributed by atoms with Crippen LogP contribution in [0, 0.1) is 11.3 Å². The van der Waals surface area contributed by atoms with Crippen molar-refractivity contribution < 1.29 is 14.3 Å².